The van der Waals surface area contributed by atoms with Crippen molar-refractivity contribution in [2.24, 2.45) is 0 Å². The molecule has 1 unspecified atom stereocenters. The van der Waals surface area contributed by atoms with Gasteiger partial charge in [0.2, 0.25) is 18.2 Å². The molecule has 2 aliphatic rings. The Bertz CT molecular complexity index is 1930. The maximum Gasteiger partial charge on any atom is 0.247 e. The van der Waals surface area contributed by atoms with Crippen LogP contribution in [0.25, 0.3) is 39.2 Å². The summed E-state index contributed by atoms with van der Waals surface area (Å²) in [5, 5.41) is 18.7. The van der Waals surface area contributed by atoms with Gasteiger partial charge in [0.25, 0.3) is 0 Å². The van der Waals surface area contributed by atoms with E-state index in [1.54, 1.807) is 25.3 Å². The zero-order valence-corrected chi connectivity index (χ0v) is 27.5. The van der Waals surface area contributed by atoms with Gasteiger partial charge in [0.05, 0.1) is 17.3 Å². The van der Waals surface area contributed by atoms with Crippen LogP contribution in [0.1, 0.15) is 29.9 Å². The van der Waals surface area contributed by atoms with Gasteiger partial charge >= 0.3 is 0 Å². The molecule has 1 atom stereocenters. The molecule has 0 radical (unpaired) electrons. The third-order valence-corrected chi connectivity index (χ3v) is 8.88. The third-order valence-electron chi connectivity index (χ3n) is 8.88. The van der Waals surface area contributed by atoms with Crippen molar-refractivity contribution in [2.75, 3.05) is 45.2 Å². The molecule has 10 nitrogen and oxygen atoms in total. The number of aromatic amines is 1. The third kappa shape index (κ3) is 7.53. The molecule has 1 fully saturated rings. The van der Waals surface area contributed by atoms with Gasteiger partial charge < -0.3 is 19.4 Å². The Labute approximate surface area is 279 Å². The minimum atomic E-state index is -0.285. The Kier molecular flexibility index (Phi) is 10.1. The molecule has 248 valence electrons. The average molecular weight is 650 g/mol. The predicted octanol–water partition coefficient (Wildman–Crippen LogP) is 6.61. The fourth-order valence-corrected chi connectivity index (χ4v) is 6.26. The molecule has 2 aromatic heterocycles. The fraction of sp³-hybridized carbons (Fsp3) is 0.297. The van der Waals surface area contributed by atoms with Crippen LogP contribution >= 0.6 is 0 Å². The van der Waals surface area contributed by atoms with Crippen molar-refractivity contribution in [2.45, 2.75) is 32.8 Å². The normalized spacial score (nSPS) is 16.4. The number of benzene rings is 3. The van der Waals surface area contributed by atoms with Crippen LogP contribution < -0.4 is 5.32 Å². The van der Waals surface area contributed by atoms with Crippen molar-refractivity contribution in [1.82, 2.24) is 30.2 Å². The van der Waals surface area contributed by atoms with E-state index in [0.29, 0.717) is 30.0 Å². The lowest BCUT2D eigenvalue weighted by molar-refractivity contribution is -0.105. The monoisotopic (exact) mass is 649 g/mol. The van der Waals surface area contributed by atoms with Crippen LogP contribution in [0.15, 0.2) is 83.4 Å². The first-order chi connectivity index (χ1) is 23.3. The van der Waals surface area contributed by atoms with Crippen LogP contribution in [0.5, 0.6) is 0 Å². The lowest BCUT2D eigenvalue weighted by Crippen LogP contribution is -2.34. The largest absolute Gasteiger partial charge is 0.421 e. The number of methoxy groups -OCH3 is 1. The van der Waals surface area contributed by atoms with Crippen molar-refractivity contribution in [3.8, 4) is 22.7 Å². The second-order valence-electron chi connectivity index (χ2n) is 12.1. The SMILES string of the molecule is C=C(CN1CCC(OC)C1)N1CC=C(c2ccc(-c3nnc(C)o3)cc2C)CC1.O=CNc1ccc2[nH]nc(-c3ccc(F)cc3)c2c1. The molecule has 0 saturated carbocycles. The average Bonchev–Trinajstić information content (AvgIpc) is 3.86. The first-order valence-corrected chi connectivity index (χ1v) is 16.0. The number of hydrogen-bond donors (Lipinski definition) is 2. The molecular weight excluding hydrogens is 609 g/mol. The van der Waals surface area contributed by atoms with E-state index in [4.69, 9.17) is 9.15 Å². The number of aromatic nitrogens is 4. The second-order valence-corrected chi connectivity index (χ2v) is 12.1. The number of ether oxygens (including phenoxy) is 1. The smallest absolute Gasteiger partial charge is 0.247 e. The first kappa shape index (κ1) is 32.8. The number of halogens is 1. The molecular formula is C37H40FN7O3. The van der Waals surface area contributed by atoms with Gasteiger partial charge in [-0.25, -0.2) is 4.39 Å². The Balaban J connectivity index is 0.000000182. The summed E-state index contributed by atoms with van der Waals surface area (Å²) in [7, 11) is 1.80. The number of rotatable bonds is 9. The van der Waals surface area contributed by atoms with Crippen molar-refractivity contribution >= 4 is 28.6 Å². The Morgan fingerprint density at radius 2 is 1.92 bits per heavy atom. The summed E-state index contributed by atoms with van der Waals surface area (Å²) >= 11 is 0. The first-order valence-electron chi connectivity index (χ1n) is 16.0. The number of aryl methyl sites for hydroxylation is 2. The number of H-pyrrole nitrogens is 1. The molecule has 5 aromatic rings. The maximum absolute atomic E-state index is 12.9. The number of nitrogens with zero attached hydrogens (tertiary/aromatic N) is 5. The van der Waals surface area contributed by atoms with Gasteiger partial charge in [-0.3, -0.25) is 14.8 Å². The zero-order valence-electron chi connectivity index (χ0n) is 27.5. The number of carbonyl (C=O) groups excluding carboxylic acids is 1. The van der Waals surface area contributed by atoms with Crippen LogP contribution in [-0.2, 0) is 9.53 Å². The molecule has 0 spiro atoms. The maximum atomic E-state index is 12.9. The van der Waals surface area contributed by atoms with Gasteiger partial charge in [-0.15, -0.1) is 10.2 Å². The molecule has 0 aliphatic carbocycles. The van der Waals surface area contributed by atoms with Crippen LogP contribution in [-0.4, -0.2) is 82.5 Å². The van der Waals surface area contributed by atoms with Crippen molar-refractivity contribution < 1.29 is 18.3 Å². The van der Waals surface area contributed by atoms with E-state index in [9.17, 15) is 9.18 Å². The van der Waals surface area contributed by atoms with Crippen LogP contribution in [0.4, 0.5) is 10.1 Å². The Morgan fingerprint density at radius 1 is 1.10 bits per heavy atom. The highest BCUT2D eigenvalue weighted by Gasteiger charge is 2.24. The minimum absolute atomic E-state index is 0.285. The molecule has 3 aromatic carbocycles. The van der Waals surface area contributed by atoms with Crippen LogP contribution in [0, 0.1) is 19.7 Å². The van der Waals surface area contributed by atoms with E-state index in [1.165, 1.54) is 34.5 Å². The van der Waals surface area contributed by atoms with Crippen molar-refractivity contribution in [1.29, 1.82) is 0 Å². The van der Waals surface area contributed by atoms with E-state index in [1.807, 2.05) is 19.1 Å². The number of fused-ring (bicyclic) bond motifs is 1. The molecule has 4 heterocycles. The summed E-state index contributed by atoms with van der Waals surface area (Å²) in [6, 6.07) is 17.9. The van der Waals surface area contributed by atoms with E-state index in [-0.39, 0.29) is 5.82 Å². The van der Waals surface area contributed by atoms with Gasteiger partial charge in [-0.05, 0) is 91.1 Å². The molecule has 2 N–H and O–H groups in total. The highest BCUT2D eigenvalue weighted by Crippen LogP contribution is 2.31. The van der Waals surface area contributed by atoms with E-state index >= 15 is 0 Å². The summed E-state index contributed by atoms with van der Waals surface area (Å²) in [5.74, 6) is 0.880. The Morgan fingerprint density at radius 3 is 2.58 bits per heavy atom. The second kappa shape index (κ2) is 14.7. The lowest BCUT2D eigenvalue weighted by Gasteiger charge is -2.32. The van der Waals surface area contributed by atoms with Crippen LogP contribution in [0.3, 0.4) is 0 Å². The molecule has 2 aliphatic heterocycles. The summed E-state index contributed by atoms with van der Waals surface area (Å²) in [6.45, 7) is 13.3. The standard InChI is InChI=1S/C23H30N4O2.C14H10FN3O/c1-16-13-20(23-25-24-18(3)29-23)5-6-22(16)19-7-11-27(12-8-19)17(2)14-26-10-9-21(15-26)28-4;15-10-3-1-9(2-4-10)14-12-7-11(16-8-19)5-6-13(12)17-18-14/h5-7,13,21H,2,8-12,14-15H2,1,3-4H3;1-8H,(H,16,19)(H,17,18). The van der Waals surface area contributed by atoms with Gasteiger partial charge in [0, 0.05) is 74.7 Å². The number of hydrogen-bond acceptors (Lipinski definition) is 8. The topological polar surface area (TPSA) is 112 Å². The highest BCUT2D eigenvalue weighted by molar-refractivity contribution is 5.95. The van der Waals surface area contributed by atoms with Crippen molar-refractivity contribution in [3.05, 3.63) is 102 Å². The van der Waals surface area contributed by atoms with Crippen molar-refractivity contribution in [3.63, 3.8) is 0 Å². The number of amides is 1. The van der Waals surface area contributed by atoms with Gasteiger partial charge in [-0.1, -0.05) is 18.7 Å². The van der Waals surface area contributed by atoms with E-state index < -0.39 is 0 Å². The summed E-state index contributed by atoms with van der Waals surface area (Å²) in [6.07, 6.45) is 5.48. The van der Waals surface area contributed by atoms with E-state index in [0.717, 1.165) is 73.3 Å². The number of likely N-dealkylation sites (tertiary alicyclic amines) is 1. The fourth-order valence-electron chi connectivity index (χ4n) is 6.26. The lowest BCUT2D eigenvalue weighted by atomic mass is 9.94. The minimum Gasteiger partial charge on any atom is -0.421 e. The molecule has 1 saturated heterocycles. The molecule has 0 bridgehead atoms. The van der Waals surface area contributed by atoms with Gasteiger partial charge in [-0.2, -0.15) is 5.10 Å². The molecule has 7 rings (SSSR count). The summed E-state index contributed by atoms with van der Waals surface area (Å²) < 4.78 is 24.0. The highest BCUT2D eigenvalue weighted by atomic mass is 19.1. The molecule has 11 heteroatoms. The van der Waals surface area contributed by atoms with Gasteiger partial charge in [0.15, 0.2) is 0 Å². The van der Waals surface area contributed by atoms with Crippen LogP contribution in [0.2, 0.25) is 0 Å². The summed E-state index contributed by atoms with van der Waals surface area (Å²) in [4.78, 5) is 15.3. The molecule has 1 amide bonds. The predicted molar refractivity (Wildman–Crippen MR) is 186 cm³/mol. The number of carbonyl (C=O) groups is 1. The van der Waals surface area contributed by atoms with Gasteiger partial charge in [0.1, 0.15) is 5.82 Å². The number of nitrogens with one attached hydrogen (secondary N) is 2. The summed E-state index contributed by atoms with van der Waals surface area (Å²) in [5.41, 5.74) is 9.20. The zero-order chi connectivity index (χ0) is 33.6. The van der Waals surface area contributed by atoms with E-state index in [2.05, 4.69) is 73.3 Å². The quantitative estimate of drug-likeness (QED) is 0.172. The molecule has 48 heavy (non-hydrogen) atoms. The number of anilines is 1. The Hall–Kier alpha value is -5.13.